The topological polar surface area (TPSA) is 66.0 Å². The van der Waals surface area contributed by atoms with Gasteiger partial charge < -0.3 is 13.7 Å². The van der Waals surface area contributed by atoms with Crippen LogP contribution in [0.15, 0.2) is 38.3 Å². The minimum Gasteiger partial charge on any atom is -0.420 e. The van der Waals surface area contributed by atoms with Gasteiger partial charge in [-0.2, -0.15) is 0 Å². The molecular weight excluding hydrogens is 428 g/mol. The van der Waals surface area contributed by atoms with E-state index >= 15 is 0 Å². The van der Waals surface area contributed by atoms with E-state index in [1.54, 1.807) is 11.8 Å². The Morgan fingerprint density at radius 1 is 1.22 bits per heavy atom. The maximum Gasteiger partial charge on any atom is 0.247 e. The number of aryl methyl sites for hydroxylation is 1. The molecule has 1 atom stereocenters. The smallest absolute Gasteiger partial charge is 0.247 e. The van der Waals surface area contributed by atoms with Crippen LogP contribution in [0.5, 0.6) is 0 Å². The fourth-order valence-corrected chi connectivity index (χ4v) is 4.29. The lowest BCUT2D eigenvalue weighted by molar-refractivity contribution is 0.0945. The van der Waals surface area contributed by atoms with Crippen molar-refractivity contribution < 1.29 is 9.15 Å². The first-order chi connectivity index (χ1) is 13.1. The molecular formula is C19H21BrN4O2S. The van der Waals surface area contributed by atoms with Gasteiger partial charge in [0.1, 0.15) is 0 Å². The van der Waals surface area contributed by atoms with Crippen molar-refractivity contribution >= 4 is 27.7 Å². The summed E-state index contributed by atoms with van der Waals surface area (Å²) in [6.45, 7) is 5.87. The third-order valence-corrected chi connectivity index (χ3v) is 6.21. The lowest BCUT2D eigenvalue weighted by Gasteiger charge is -2.14. The summed E-state index contributed by atoms with van der Waals surface area (Å²) in [5.74, 6) is 1.72. The second-order valence-corrected chi connectivity index (χ2v) is 8.47. The van der Waals surface area contributed by atoms with Crippen molar-refractivity contribution in [2.24, 2.45) is 0 Å². The monoisotopic (exact) mass is 448 g/mol. The Bertz CT molecular complexity index is 916. The highest BCUT2D eigenvalue weighted by molar-refractivity contribution is 9.10. The lowest BCUT2D eigenvalue weighted by Crippen LogP contribution is -2.16. The summed E-state index contributed by atoms with van der Waals surface area (Å²) in [6.07, 6.45) is 2.53. The van der Waals surface area contributed by atoms with Gasteiger partial charge in [0.05, 0.1) is 24.1 Å². The molecule has 2 aromatic heterocycles. The van der Waals surface area contributed by atoms with E-state index in [0.29, 0.717) is 17.5 Å². The molecule has 1 aliphatic rings. The summed E-state index contributed by atoms with van der Waals surface area (Å²) in [7, 11) is 0. The first-order valence-electron chi connectivity index (χ1n) is 8.96. The highest BCUT2D eigenvalue weighted by Gasteiger charge is 2.21. The largest absolute Gasteiger partial charge is 0.420 e. The van der Waals surface area contributed by atoms with Crippen LogP contribution in [0.25, 0.3) is 11.5 Å². The number of nitrogens with zero attached hydrogens (tertiary/aromatic N) is 4. The predicted molar refractivity (Wildman–Crippen MR) is 108 cm³/mol. The zero-order valence-corrected chi connectivity index (χ0v) is 17.7. The number of benzene rings is 1. The highest BCUT2D eigenvalue weighted by Crippen LogP contribution is 2.28. The zero-order chi connectivity index (χ0) is 18.8. The van der Waals surface area contributed by atoms with Crippen LogP contribution in [0.2, 0.25) is 0 Å². The number of ether oxygens (including phenoxy) is 1. The molecule has 0 aliphatic carbocycles. The molecule has 0 bridgehead atoms. The molecule has 1 aromatic carbocycles. The van der Waals surface area contributed by atoms with Crippen LogP contribution in [-0.4, -0.2) is 32.5 Å². The van der Waals surface area contributed by atoms with Gasteiger partial charge in [0.25, 0.3) is 0 Å². The number of imidazole rings is 1. The van der Waals surface area contributed by atoms with Crippen LogP contribution in [0.3, 0.4) is 0 Å². The van der Waals surface area contributed by atoms with Crippen molar-refractivity contribution in [2.45, 2.75) is 50.2 Å². The molecule has 6 nitrogen and oxygen atoms in total. The molecule has 27 heavy (non-hydrogen) atoms. The molecule has 3 heterocycles. The van der Waals surface area contributed by atoms with Crippen molar-refractivity contribution in [3.8, 4) is 11.5 Å². The minimum absolute atomic E-state index is 0.282. The van der Waals surface area contributed by atoms with Gasteiger partial charge in [-0.25, -0.2) is 4.98 Å². The van der Waals surface area contributed by atoms with Gasteiger partial charge in [-0.05, 0) is 51.0 Å². The Kier molecular flexibility index (Phi) is 5.66. The second-order valence-electron chi connectivity index (χ2n) is 6.61. The lowest BCUT2D eigenvalue weighted by atomic mass is 10.2. The van der Waals surface area contributed by atoms with Crippen LogP contribution in [0.4, 0.5) is 0 Å². The van der Waals surface area contributed by atoms with E-state index in [1.165, 1.54) is 5.69 Å². The summed E-state index contributed by atoms with van der Waals surface area (Å²) >= 11 is 5.05. The van der Waals surface area contributed by atoms with E-state index in [4.69, 9.17) is 14.1 Å². The maximum atomic E-state index is 5.82. The van der Waals surface area contributed by atoms with E-state index in [2.05, 4.69) is 37.6 Å². The Morgan fingerprint density at radius 3 is 2.78 bits per heavy atom. The van der Waals surface area contributed by atoms with E-state index < -0.39 is 0 Å². The maximum absolute atomic E-state index is 5.82. The van der Waals surface area contributed by atoms with Crippen molar-refractivity contribution in [3.63, 3.8) is 0 Å². The normalized spacial score (nSPS) is 16.9. The van der Waals surface area contributed by atoms with Gasteiger partial charge in [0.15, 0.2) is 5.16 Å². The second kappa shape index (κ2) is 8.16. The number of aromatic nitrogens is 4. The number of thioether (sulfide) groups is 1. The zero-order valence-electron chi connectivity index (χ0n) is 15.3. The number of hydrogen-bond donors (Lipinski definition) is 0. The quantitative estimate of drug-likeness (QED) is 0.505. The number of halogens is 1. The minimum atomic E-state index is 0.282. The van der Waals surface area contributed by atoms with E-state index in [9.17, 15) is 0 Å². The van der Waals surface area contributed by atoms with Gasteiger partial charge in [-0.15, -0.1) is 10.2 Å². The Hall–Kier alpha value is -1.64. The summed E-state index contributed by atoms with van der Waals surface area (Å²) < 4.78 is 14.9. The van der Waals surface area contributed by atoms with Crippen molar-refractivity contribution in [3.05, 3.63) is 46.0 Å². The fraction of sp³-hybridized carbons (Fsp3) is 0.421. The highest BCUT2D eigenvalue weighted by atomic mass is 79.9. The first-order valence-corrected chi connectivity index (χ1v) is 10.7. The summed E-state index contributed by atoms with van der Waals surface area (Å²) in [5, 5.41) is 9.32. The van der Waals surface area contributed by atoms with Crippen LogP contribution < -0.4 is 0 Å². The van der Waals surface area contributed by atoms with Gasteiger partial charge in [0.2, 0.25) is 11.8 Å². The fourth-order valence-electron chi connectivity index (χ4n) is 3.09. The third kappa shape index (κ3) is 4.28. The molecule has 1 saturated heterocycles. The summed E-state index contributed by atoms with van der Waals surface area (Å²) in [6, 6.07) is 7.83. The molecule has 0 saturated carbocycles. The van der Waals surface area contributed by atoms with Crippen LogP contribution in [0.1, 0.15) is 30.1 Å². The van der Waals surface area contributed by atoms with Gasteiger partial charge in [0, 0.05) is 22.3 Å². The van der Waals surface area contributed by atoms with Gasteiger partial charge in [-0.1, -0.05) is 27.7 Å². The molecule has 4 rings (SSSR count). The van der Waals surface area contributed by atoms with E-state index in [-0.39, 0.29) is 6.10 Å². The molecule has 0 unspecified atom stereocenters. The van der Waals surface area contributed by atoms with E-state index in [1.807, 2.05) is 31.2 Å². The Labute approximate surface area is 170 Å². The summed E-state index contributed by atoms with van der Waals surface area (Å²) in [4.78, 5) is 4.72. The number of hydrogen-bond acceptors (Lipinski definition) is 6. The van der Waals surface area contributed by atoms with Crippen molar-refractivity contribution in [1.82, 2.24) is 19.7 Å². The Balaban J connectivity index is 1.46. The van der Waals surface area contributed by atoms with Gasteiger partial charge >= 0.3 is 0 Å². The molecule has 8 heteroatoms. The first kappa shape index (κ1) is 18.7. The summed E-state index contributed by atoms with van der Waals surface area (Å²) in [5.41, 5.74) is 3.15. The van der Waals surface area contributed by atoms with Crippen molar-refractivity contribution in [1.29, 1.82) is 0 Å². The van der Waals surface area contributed by atoms with Crippen LogP contribution in [-0.2, 0) is 17.0 Å². The Morgan fingerprint density at radius 2 is 2.04 bits per heavy atom. The average Bonchev–Trinajstić information content (AvgIpc) is 3.39. The molecule has 0 radical (unpaired) electrons. The SMILES string of the molecule is Cc1nc(SCc2nnc(-c3ccc(Br)cc3)o2)n(C[C@@H]2CCCO2)c1C. The average molecular weight is 449 g/mol. The number of rotatable bonds is 6. The predicted octanol–water partition coefficient (Wildman–Crippen LogP) is 4.78. The standard InChI is InChI=1S/C19H21BrN4O2S/c1-12-13(2)24(10-16-4-3-9-25-16)19(21-12)27-11-17-22-23-18(26-17)14-5-7-15(20)8-6-14/h5-8,16H,3-4,9-11H2,1-2H3/t16-/m0/s1. The van der Waals surface area contributed by atoms with Gasteiger partial charge in [-0.3, -0.25) is 0 Å². The van der Waals surface area contributed by atoms with Crippen molar-refractivity contribution in [2.75, 3.05) is 6.61 Å². The molecule has 142 valence electrons. The third-order valence-electron chi connectivity index (χ3n) is 4.72. The molecule has 1 fully saturated rings. The molecule has 0 spiro atoms. The molecule has 3 aromatic rings. The van der Waals surface area contributed by atoms with Crippen LogP contribution >= 0.6 is 27.7 Å². The van der Waals surface area contributed by atoms with Crippen LogP contribution in [0, 0.1) is 13.8 Å². The molecule has 0 N–H and O–H groups in total. The van der Waals surface area contributed by atoms with E-state index in [0.717, 1.165) is 46.9 Å². The molecule has 0 amide bonds. The molecule has 1 aliphatic heterocycles.